The molecule has 2 aromatic carbocycles. The van der Waals surface area contributed by atoms with Crippen LogP contribution >= 0.6 is 0 Å². The lowest BCUT2D eigenvalue weighted by molar-refractivity contribution is 0.390. The molecule has 0 amide bonds. The van der Waals surface area contributed by atoms with Crippen LogP contribution in [-0.2, 0) is 10.0 Å². The van der Waals surface area contributed by atoms with Gasteiger partial charge in [0.1, 0.15) is 10.6 Å². The molecule has 4 rings (SSSR count). The van der Waals surface area contributed by atoms with E-state index in [-0.39, 0.29) is 10.6 Å². The van der Waals surface area contributed by atoms with E-state index in [0.717, 1.165) is 16.7 Å². The number of fused-ring (bicyclic) bond motifs is 1. The molecular formula is C22H22N4O4S. The Morgan fingerprint density at radius 2 is 1.77 bits per heavy atom. The zero-order valence-electron chi connectivity index (χ0n) is 17.6. The number of sulfonamides is 1. The molecule has 8 nitrogen and oxygen atoms in total. The number of rotatable bonds is 6. The van der Waals surface area contributed by atoms with Crippen LogP contribution in [0.5, 0.6) is 11.6 Å². The van der Waals surface area contributed by atoms with Crippen LogP contribution < -0.4 is 14.2 Å². The fraction of sp³-hybridized carbons (Fsp3) is 0.182. The lowest BCUT2D eigenvalue weighted by Gasteiger charge is -2.14. The highest BCUT2D eigenvalue weighted by molar-refractivity contribution is 7.92. The summed E-state index contributed by atoms with van der Waals surface area (Å²) in [6.07, 6.45) is 1.77. The van der Waals surface area contributed by atoms with Crippen LogP contribution in [0.3, 0.4) is 0 Å². The molecule has 0 aliphatic heterocycles. The number of benzene rings is 2. The van der Waals surface area contributed by atoms with E-state index in [2.05, 4.69) is 14.8 Å². The smallest absolute Gasteiger partial charge is 0.265 e. The lowest BCUT2D eigenvalue weighted by Crippen LogP contribution is -2.15. The van der Waals surface area contributed by atoms with Crippen LogP contribution in [-0.4, -0.2) is 37.2 Å². The fourth-order valence-corrected chi connectivity index (χ4v) is 4.57. The number of methoxy groups -OCH3 is 2. The summed E-state index contributed by atoms with van der Waals surface area (Å²) >= 11 is 0. The normalized spacial score (nSPS) is 11.5. The second-order valence-electron chi connectivity index (χ2n) is 7.09. The predicted molar refractivity (Wildman–Crippen MR) is 118 cm³/mol. The number of aryl methyl sites for hydroxylation is 2. The number of hydrogen-bond donors (Lipinski definition) is 1. The summed E-state index contributed by atoms with van der Waals surface area (Å²) in [5.74, 6) is 0.758. The summed E-state index contributed by atoms with van der Waals surface area (Å²) in [5, 5.41) is 4.31. The Balaban J connectivity index is 1.73. The number of aromatic nitrogens is 3. The van der Waals surface area contributed by atoms with Gasteiger partial charge in [0.25, 0.3) is 10.0 Å². The van der Waals surface area contributed by atoms with Crippen molar-refractivity contribution < 1.29 is 17.9 Å². The maximum absolute atomic E-state index is 13.1. The number of hydrogen-bond acceptors (Lipinski definition) is 6. The molecule has 0 fully saturated rings. The molecule has 9 heteroatoms. The van der Waals surface area contributed by atoms with Gasteiger partial charge >= 0.3 is 0 Å². The first-order valence-electron chi connectivity index (χ1n) is 9.49. The molecule has 31 heavy (non-hydrogen) atoms. The molecule has 1 N–H and O–H groups in total. The number of nitrogens with zero attached hydrogens (tertiary/aromatic N) is 3. The van der Waals surface area contributed by atoms with E-state index in [1.807, 2.05) is 26.0 Å². The van der Waals surface area contributed by atoms with Crippen molar-refractivity contribution in [2.75, 3.05) is 18.9 Å². The maximum atomic E-state index is 13.1. The van der Waals surface area contributed by atoms with Crippen LogP contribution in [0.4, 0.5) is 5.69 Å². The number of imidazole rings is 1. The van der Waals surface area contributed by atoms with Crippen molar-refractivity contribution >= 4 is 21.4 Å². The molecule has 4 aromatic rings. The number of ether oxygens (including phenoxy) is 2. The average Bonchev–Trinajstić information content (AvgIpc) is 3.18. The highest BCUT2D eigenvalue weighted by Gasteiger charge is 2.21. The highest BCUT2D eigenvalue weighted by atomic mass is 32.2. The monoisotopic (exact) mass is 438 g/mol. The van der Waals surface area contributed by atoms with E-state index < -0.39 is 10.0 Å². The van der Waals surface area contributed by atoms with Crippen molar-refractivity contribution in [2.24, 2.45) is 0 Å². The molecule has 0 saturated carbocycles. The van der Waals surface area contributed by atoms with E-state index in [1.165, 1.54) is 7.11 Å². The van der Waals surface area contributed by atoms with Crippen molar-refractivity contribution in [1.82, 2.24) is 14.6 Å². The Labute approximate surface area is 180 Å². The summed E-state index contributed by atoms with van der Waals surface area (Å²) in [5.41, 5.74) is 4.13. The molecule has 2 aromatic heterocycles. The van der Waals surface area contributed by atoms with E-state index in [0.29, 0.717) is 22.9 Å². The van der Waals surface area contributed by atoms with E-state index >= 15 is 0 Å². The molecule has 0 aliphatic rings. The third-order valence-corrected chi connectivity index (χ3v) is 6.28. The van der Waals surface area contributed by atoms with Crippen LogP contribution in [0.2, 0.25) is 0 Å². The Morgan fingerprint density at radius 3 is 2.52 bits per heavy atom. The summed E-state index contributed by atoms with van der Waals surface area (Å²) < 4.78 is 40.9. The van der Waals surface area contributed by atoms with Crippen LogP contribution in [0.15, 0.2) is 59.6 Å². The molecule has 0 saturated heterocycles. The molecule has 0 unspecified atom stereocenters. The molecule has 160 valence electrons. The summed E-state index contributed by atoms with van der Waals surface area (Å²) in [6.45, 7) is 3.67. The third kappa shape index (κ3) is 4.04. The van der Waals surface area contributed by atoms with Gasteiger partial charge in [-0.2, -0.15) is 0 Å². The van der Waals surface area contributed by atoms with E-state index in [1.54, 1.807) is 54.2 Å². The van der Waals surface area contributed by atoms with E-state index in [9.17, 15) is 8.42 Å². The average molecular weight is 439 g/mol. The second kappa shape index (κ2) is 7.92. The first-order chi connectivity index (χ1) is 14.8. The zero-order valence-corrected chi connectivity index (χ0v) is 18.4. The third-order valence-electron chi connectivity index (χ3n) is 4.89. The maximum Gasteiger partial charge on any atom is 0.265 e. The topological polar surface area (TPSA) is 94.8 Å². The van der Waals surface area contributed by atoms with Crippen LogP contribution in [0, 0.1) is 13.8 Å². The molecule has 0 atom stereocenters. The molecule has 0 bridgehead atoms. The number of nitrogens with one attached hydrogen (secondary N) is 1. The van der Waals surface area contributed by atoms with Gasteiger partial charge in [-0.1, -0.05) is 18.2 Å². The largest absolute Gasteiger partial charge is 0.495 e. The zero-order chi connectivity index (χ0) is 22.2. The van der Waals surface area contributed by atoms with Crippen molar-refractivity contribution in [3.63, 3.8) is 0 Å². The molecule has 2 heterocycles. The standard InChI is InChI=1S/C22H22N4O4S/c1-14-5-8-19(29-3)20(11-14)31(27,28)25-17-12-16(7-6-15(17)2)18-13-26-21(23-18)9-10-22(24-26)30-4/h5-13,25H,1-4H3. The Morgan fingerprint density at radius 1 is 0.968 bits per heavy atom. The minimum absolute atomic E-state index is 0.0869. The first kappa shape index (κ1) is 20.7. The molecule has 0 spiro atoms. The van der Waals surface area contributed by atoms with Gasteiger partial charge in [-0.15, -0.1) is 5.10 Å². The van der Waals surface area contributed by atoms with Crippen molar-refractivity contribution in [3.8, 4) is 22.9 Å². The molecular weight excluding hydrogens is 416 g/mol. The van der Waals surface area contributed by atoms with Crippen molar-refractivity contribution in [1.29, 1.82) is 0 Å². The van der Waals surface area contributed by atoms with Gasteiger partial charge in [0.15, 0.2) is 5.65 Å². The van der Waals surface area contributed by atoms with Crippen molar-refractivity contribution in [3.05, 3.63) is 65.9 Å². The van der Waals surface area contributed by atoms with Crippen molar-refractivity contribution in [2.45, 2.75) is 18.7 Å². The van der Waals surface area contributed by atoms with E-state index in [4.69, 9.17) is 9.47 Å². The molecule has 0 radical (unpaired) electrons. The molecule has 0 aliphatic carbocycles. The minimum Gasteiger partial charge on any atom is -0.495 e. The Hall–Kier alpha value is -3.59. The summed E-state index contributed by atoms with van der Waals surface area (Å²) in [7, 11) is -0.868. The number of anilines is 1. The SMILES string of the molecule is COc1ccc2nc(-c3ccc(C)c(NS(=O)(=O)c4cc(C)ccc4OC)c3)cn2n1. The van der Waals surface area contributed by atoms with Gasteiger partial charge in [0.05, 0.1) is 31.8 Å². The van der Waals surface area contributed by atoms with Crippen LogP contribution in [0.1, 0.15) is 11.1 Å². The Kier molecular flexibility index (Phi) is 5.28. The van der Waals surface area contributed by atoms with Gasteiger partial charge in [-0.05, 0) is 49.2 Å². The minimum atomic E-state index is -3.86. The van der Waals surface area contributed by atoms with Gasteiger partial charge in [0.2, 0.25) is 5.88 Å². The highest BCUT2D eigenvalue weighted by Crippen LogP contribution is 2.30. The summed E-state index contributed by atoms with van der Waals surface area (Å²) in [6, 6.07) is 14.1. The summed E-state index contributed by atoms with van der Waals surface area (Å²) in [4.78, 5) is 4.66. The van der Waals surface area contributed by atoms with Gasteiger partial charge in [-0.3, -0.25) is 4.72 Å². The van der Waals surface area contributed by atoms with Gasteiger partial charge in [0, 0.05) is 11.6 Å². The Bertz CT molecular complexity index is 1380. The van der Waals surface area contributed by atoms with Crippen LogP contribution in [0.25, 0.3) is 16.9 Å². The quantitative estimate of drug-likeness (QED) is 0.492. The van der Waals surface area contributed by atoms with Gasteiger partial charge < -0.3 is 9.47 Å². The van der Waals surface area contributed by atoms with Gasteiger partial charge in [-0.25, -0.2) is 17.9 Å². The predicted octanol–water partition coefficient (Wildman–Crippen LogP) is 3.83. The second-order valence-corrected chi connectivity index (χ2v) is 8.74. The fourth-order valence-electron chi connectivity index (χ4n) is 3.20. The lowest BCUT2D eigenvalue weighted by atomic mass is 10.1. The first-order valence-corrected chi connectivity index (χ1v) is 11.0.